The Bertz CT molecular complexity index is 1900. The number of aromatic nitrogens is 4. The molecule has 2 N–H and O–H groups in total. The van der Waals surface area contributed by atoms with Crippen molar-refractivity contribution in [1.82, 2.24) is 29.7 Å². The second kappa shape index (κ2) is 11.2. The Morgan fingerprint density at radius 3 is 1.65 bits per heavy atom. The maximum atomic E-state index is 13.1. The number of nitrogens with one attached hydrogen (secondary N) is 2. The number of H-pyrrole nitrogens is 2. The summed E-state index contributed by atoms with van der Waals surface area (Å²) in [5.74, 6) is 2.70. The molecule has 2 aromatic heterocycles. The molecule has 6 unspecified atom stereocenters. The summed E-state index contributed by atoms with van der Waals surface area (Å²) in [4.78, 5) is 46.6. The summed E-state index contributed by atoms with van der Waals surface area (Å²) in [5.41, 5.74) is 6.04. The van der Waals surface area contributed by atoms with Crippen LogP contribution in [-0.2, 0) is 9.47 Å². The summed E-state index contributed by atoms with van der Waals surface area (Å²) in [6.45, 7) is 13.5. The second-order valence-electron chi connectivity index (χ2n) is 16.3. The van der Waals surface area contributed by atoms with Gasteiger partial charge in [0.1, 0.15) is 22.9 Å². The van der Waals surface area contributed by atoms with Gasteiger partial charge >= 0.3 is 12.2 Å². The monoisotopic (exact) mass is 662 g/mol. The number of imidazole rings is 2. The highest BCUT2D eigenvalue weighted by atomic mass is 16.6. The number of fused-ring (bicyclic) bond motifs is 2. The highest BCUT2D eigenvalue weighted by Crippen LogP contribution is 2.54. The zero-order valence-electron chi connectivity index (χ0n) is 29.4. The molecule has 256 valence electrons. The van der Waals surface area contributed by atoms with E-state index in [0.29, 0.717) is 11.8 Å². The summed E-state index contributed by atoms with van der Waals surface area (Å²) in [7, 11) is 0. The van der Waals surface area contributed by atoms with Gasteiger partial charge in [0.25, 0.3) is 0 Å². The Labute approximate surface area is 287 Å². The van der Waals surface area contributed by atoms with Gasteiger partial charge in [-0.1, -0.05) is 48.5 Å². The van der Waals surface area contributed by atoms with E-state index in [9.17, 15) is 9.59 Å². The van der Waals surface area contributed by atoms with Gasteiger partial charge in [0, 0.05) is 23.3 Å². The molecule has 10 nitrogen and oxygen atoms in total. The number of hydrogen-bond donors (Lipinski definition) is 2. The van der Waals surface area contributed by atoms with E-state index in [1.54, 1.807) is 0 Å². The van der Waals surface area contributed by atoms with Crippen LogP contribution in [-0.4, -0.2) is 65.2 Å². The van der Waals surface area contributed by atoms with Crippen LogP contribution in [0, 0.1) is 18.8 Å². The van der Waals surface area contributed by atoms with Gasteiger partial charge in [-0.2, -0.15) is 0 Å². The predicted molar refractivity (Wildman–Crippen MR) is 186 cm³/mol. The summed E-state index contributed by atoms with van der Waals surface area (Å²) in [5, 5.41) is 0. The van der Waals surface area contributed by atoms with Gasteiger partial charge in [-0.05, 0) is 103 Å². The van der Waals surface area contributed by atoms with Crippen molar-refractivity contribution in [3.05, 3.63) is 72.1 Å². The van der Waals surface area contributed by atoms with Crippen molar-refractivity contribution in [2.45, 2.75) is 110 Å². The lowest BCUT2D eigenvalue weighted by molar-refractivity contribution is 0.0164. The first-order chi connectivity index (χ1) is 23.2. The van der Waals surface area contributed by atoms with Gasteiger partial charge in [0.2, 0.25) is 0 Å². The molecular formula is C39H46N6O4. The van der Waals surface area contributed by atoms with Gasteiger partial charge in [0.15, 0.2) is 0 Å². The molecule has 0 spiro atoms. The maximum Gasteiger partial charge on any atom is 0.411 e. The van der Waals surface area contributed by atoms with E-state index in [1.165, 1.54) is 0 Å². The minimum Gasteiger partial charge on any atom is -0.444 e. The Hall–Kier alpha value is -4.60. The largest absolute Gasteiger partial charge is 0.444 e. The smallest absolute Gasteiger partial charge is 0.411 e. The van der Waals surface area contributed by atoms with Gasteiger partial charge in [-0.25, -0.2) is 19.6 Å². The highest BCUT2D eigenvalue weighted by Gasteiger charge is 2.57. The first kappa shape index (κ1) is 31.7. The normalized spacial score (nSPS) is 25.6. The minimum atomic E-state index is -0.536. The van der Waals surface area contributed by atoms with Gasteiger partial charge < -0.3 is 19.4 Å². The number of aromatic amines is 2. The van der Waals surface area contributed by atoms with E-state index in [4.69, 9.17) is 19.4 Å². The molecule has 4 aliphatic rings. The topological polar surface area (TPSA) is 116 Å². The number of hydrogen-bond acceptors (Lipinski definition) is 6. The van der Waals surface area contributed by atoms with E-state index in [0.717, 1.165) is 76.7 Å². The molecule has 6 atom stereocenters. The van der Waals surface area contributed by atoms with Crippen LogP contribution >= 0.6 is 0 Å². The first-order valence-corrected chi connectivity index (χ1v) is 17.6. The van der Waals surface area contributed by atoms with Crippen molar-refractivity contribution in [2.75, 3.05) is 0 Å². The Kier molecular flexibility index (Phi) is 7.25. The van der Waals surface area contributed by atoms with E-state index >= 15 is 0 Å². The number of amides is 2. The number of benzene rings is 2. The van der Waals surface area contributed by atoms with E-state index in [2.05, 4.69) is 58.5 Å². The van der Waals surface area contributed by atoms with Gasteiger partial charge in [0.05, 0.1) is 29.7 Å². The van der Waals surface area contributed by atoms with Crippen LogP contribution in [0.1, 0.15) is 96.7 Å². The van der Waals surface area contributed by atoms with Crippen molar-refractivity contribution in [2.24, 2.45) is 11.8 Å². The molecule has 8 rings (SSSR count). The number of likely N-dealkylation sites (tertiary alicyclic amines) is 2. The molecule has 2 aliphatic heterocycles. The van der Waals surface area contributed by atoms with Crippen LogP contribution in [0.25, 0.3) is 33.6 Å². The molecule has 0 radical (unpaired) electrons. The lowest BCUT2D eigenvalue weighted by Gasteiger charge is -2.29. The third-order valence-electron chi connectivity index (χ3n) is 10.2. The van der Waals surface area contributed by atoms with Crippen molar-refractivity contribution in [1.29, 1.82) is 0 Å². The van der Waals surface area contributed by atoms with E-state index < -0.39 is 11.2 Å². The Morgan fingerprint density at radius 2 is 1.14 bits per heavy atom. The SMILES string of the molecule is Cc1[nH]c(C2CC3CC3N2C(=O)OC(C)(C)C)nc1-c1ccc(-c2ccc(-c3cnc(C4CC5CC5N4C(=O)OC(C)(C)C)[nH]3)cc2)cc1. The van der Waals surface area contributed by atoms with Crippen molar-refractivity contribution >= 4 is 12.2 Å². The number of ether oxygens (including phenoxy) is 2. The third-order valence-corrected chi connectivity index (χ3v) is 10.2. The zero-order valence-corrected chi connectivity index (χ0v) is 29.4. The van der Waals surface area contributed by atoms with Crippen LogP contribution in [0.4, 0.5) is 9.59 Å². The molecule has 4 fully saturated rings. The fraction of sp³-hybridized carbons (Fsp3) is 0.487. The van der Waals surface area contributed by atoms with Crippen LogP contribution in [0.3, 0.4) is 0 Å². The lowest BCUT2D eigenvalue weighted by Crippen LogP contribution is -2.38. The fourth-order valence-corrected chi connectivity index (χ4v) is 7.79. The standard InChI is InChI=1S/C39H46N6O4/c1-21-33(43-35(41-21)32-19-27-17-30(27)45(32)37(47)49-39(5,6)7)25-14-10-23(11-15-25)22-8-12-24(13-9-22)28-20-40-34(42-28)31-18-26-16-29(26)44(31)36(46)48-38(2,3)4/h8-15,20,26-27,29-32H,16-19H2,1-7H3,(H,40,42)(H,41,43). The van der Waals surface area contributed by atoms with E-state index in [-0.39, 0.29) is 36.4 Å². The van der Waals surface area contributed by atoms with Gasteiger partial charge in [-0.3, -0.25) is 9.80 Å². The predicted octanol–water partition coefficient (Wildman–Crippen LogP) is 8.58. The van der Waals surface area contributed by atoms with Crippen LogP contribution in [0.2, 0.25) is 0 Å². The van der Waals surface area contributed by atoms with E-state index in [1.807, 2.05) is 64.5 Å². The van der Waals surface area contributed by atoms with Crippen molar-refractivity contribution in [3.8, 4) is 33.6 Å². The Balaban J connectivity index is 0.952. The number of carbonyl (C=O) groups excluding carboxylic acids is 2. The van der Waals surface area contributed by atoms with Crippen LogP contribution in [0.15, 0.2) is 54.7 Å². The second-order valence-corrected chi connectivity index (χ2v) is 16.3. The molecule has 2 amide bonds. The summed E-state index contributed by atoms with van der Waals surface area (Å²) in [6.07, 6.45) is 5.27. The zero-order chi connectivity index (χ0) is 34.4. The van der Waals surface area contributed by atoms with Crippen molar-refractivity contribution in [3.63, 3.8) is 0 Å². The first-order valence-electron chi connectivity index (χ1n) is 17.6. The molecule has 2 aliphatic carbocycles. The van der Waals surface area contributed by atoms with Crippen LogP contribution in [0.5, 0.6) is 0 Å². The quantitative estimate of drug-likeness (QED) is 0.221. The molecule has 49 heavy (non-hydrogen) atoms. The molecule has 2 saturated heterocycles. The molecule has 0 bridgehead atoms. The Morgan fingerprint density at radius 1 is 0.673 bits per heavy atom. The maximum absolute atomic E-state index is 13.1. The molecule has 4 aromatic rings. The van der Waals surface area contributed by atoms with Crippen LogP contribution < -0.4 is 0 Å². The fourth-order valence-electron chi connectivity index (χ4n) is 7.79. The number of aryl methyl sites for hydroxylation is 1. The molecular weight excluding hydrogens is 616 g/mol. The number of piperidine rings is 2. The molecule has 2 saturated carbocycles. The summed E-state index contributed by atoms with van der Waals surface area (Å²) >= 11 is 0. The average Bonchev–Trinajstić information content (AvgIpc) is 3.67. The third kappa shape index (κ3) is 6.10. The van der Waals surface area contributed by atoms with Gasteiger partial charge in [-0.15, -0.1) is 0 Å². The van der Waals surface area contributed by atoms with Crippen molar-refractivity contribution < 1.29 is 19.1 Å². The lowest BCUT2D eigenvalue weighted by atomic mass is 10.0. The molecule has 4 heterocycles. The number of carbonyl (C=O) groups is 2. The number of nitrogens with zero attached hydrogens (tertiary/aromatic N) is 4. The molecule has 10 heteroatoms. The average molecular weight is 663 g/mol. The highest BCUT2D eigenvalue weighted by molar-refractivity contribution is 5.73. The number of rotatable bonds is 5. The minimum absolute atomic E-state index is 0.0907. The molecule has 2 aromatic carbocycles. The summed E-state index contributed by atoms with van der Waals surface area (Å²) < 4.78 is 11.5. The summed E-state index contributed by atoms with van der Waals surface area (Å²) in [6, 6.07) is 17.2.